The predicted octanol–water partition coefficient (Wildman–Crippen LogP) is 3.25. The molecule has 20 heavy (non-hydrogen) atoms. The number of nitrogens with two attached hydrogens (primary N) is 1. The fraction of sp³-hybridized carbons (Fsp3) is 0.200. The lowest BCUT2D eigenvalue weighted by Gasteiger charge is -2.08. The van der Waals surface area contributed by atoms with Crippen LogP contribution in [0.3, 0.4) is 0 Å². The maximum atomic E-state index is 8.78. The lowest BCUT2D eigenvalue weighted by atomic mass is 10.2. The Kier molecular flexibility index (Phi) is 4.29. The highest BCUT2D eigenvalue weighted by molar-refractivity contribution is 7.99. The molecule has 0 atom stereocenters. The molecule has 1 aromatic carbocycles. The van der Waals surface area contributed by atoms with Gasteiger partial charge in [0.1, 0.15) is 5.03 Å². The smallest absolute Gasteiger partial charge is 0.170 e. The normalized spacial score (nSPS) is 11.7. The average molecular weight is 287 g/mol. The van der Waals surface area contributed by atoms with E-state index in [-0.39, 0.29) is 5.84 Å². The minimum absolute atomic E-state index is 0.0957. The van der Waals surface area contributed by atoms with Crippen LogP contribution in [0.2, 0.25) is 0 Å². The van der Waals surface area contributed by atoms with E-state index in [0.717, 1.165) is 15.6 Å². The van der Waals surface area contributed by atoms with E-state index in [2.05, 4.69) is 42.2 Å². The molecule has 0 radical (unpaired) electrons. The zero-order valence-electron chi connectivity index (χ0n) is 11.7. The molecule has 1 heterocycles. The molecule has 0 aliphatic heterocycles. The van der Waals surface area contributed by atoms with Gasteiger partial charge in [-0.1, -0.05) is 29.1 Å². The van der Waals surface area contributed by atoms with Crippen LogP contribution in [-0.2, 0) is 0 Å². The molecule has 2 rings (SSSR count). The molecule has 0 saturated carbocycles. The summed E-state index contributed by atoms with van der Waals surface area (Å²) in [5.74, 6) is 0.0957. The van der Waals surface area contributed by atoms with Crippen molar-refractivity contribution in [1.82, 2.24) is 4.98 Å². The van der Waals surface area contributed by atoms with Crippen molar-refractivity contribution in [2.45, 2.75) is 30.7 Å². The second-order valence-electron chi connectivity index (χ2n) is 4.69. The maximum Gasteiger partial charge on any atom is 0.170 e. The van der Waals surface area contributed by atoms with E-state index in [9.17, 15) is 0 Å². The Morgan fingerprint density at radius 2 is 1.95 bits per heavy atom. The van der Waals surface area contributed by atoms with Crippen LogP contribution in [0.5, 0.6) is 0 Å². The molecule has 104 valence electrons. The molecule has 0 unspecified atom stereocenters. The predicted molar refractivity (Wildman–Crippen MR) is 81.5 cm³/mol. The molecule has 0 aliphatic carbocycles. The molecule has 0 amide bonds. The van der Waals surface area contributed by atoms with Crippen LogP contribution >= 0.6 is 11.8 Å². The zero-order valence-corrected chi connectivity index (χ0v) is 12.5. The Hall–Kier alpha value is -2.01. The number of hydrogen-bond acceptors (Lipinski definition) is 4. The third kappa shape index (κ3) is 3.30. The second kappa shape index (κ2) is 5.96. The van der Waals surface area contributed by atoms with Crippen molar-refractivity contribution in [2.75, 3.05) is 0 Å². The Bertz CT molecular complexity index is 668. The van der Waals surface area contributed by atoms with Crippen molar-refractivity contribution < 1.29 is 5.21 Å². The van der Waals surface area contributed by atoms with Gasteiger partial charge in [0.05, 0.1) is 0 Å². The summed E-state index contributed by atoms with van der Waals surface area (Å²) in [6.45, 7) is 6.03. The summed E-state index contributed by atoms with van der Waals surface area (Å²) in [6.07, 6.45) is 0. The number of pyridine rings is 1. The van der Waals surface area contributed by atoms with E-state index in [4.69, 9.17) is 10.9 Å². The van der Waals surface area contributed by atoms with Crippen LogP contribution in [0.1, 0.15) is 22.4 Å². The molecule has 0 saturated heterocycles. The third-order valence-corrected chi connectivity index (χ3v) is 3.97. The SMILES string of the molecule is Cc1ccc(C)c(Sc2cc(/C(N)=N/O)cc(C)n2)c1. The fourth-order valence-corrected chi connectivity index (χ4v) is 2.90. The summed E-state index contributed by atoms with van der Waals surface area (Å²) < 4.78 is 0. The maximum absolute atomic E-state index is 8.78. The molecule has 0 spiro atoms. The Labute approximate surface area is 122 Å². The zero-order chi connectivity index (χ0) is 14.7. The number of nitrogens with zero attached hydrogens (tertiary/aromatic N) is 2. The summed E-state index contributed by atoms with van der Waals surface area (Å²) in [5.41, 5.74) is 9.56. The van der Waals surface area contributed by atoms with Gasteiger partial charge in [-0.05, 0) is 50.1 Å². The molecule has 2 aromatic rings. The number of rotatable bonds is 3. The van der Waals surface area contributed by atoms with Gasteiger partial charge in [-0.25, -0.2) is 4.98 Å². The number of aromatic nitrogens is 1. The first-order valence-electron chi connectivity index (χ1n) is 6.21. The monoisotopic (exact) mass is 287 g/mol. The number of aryl methyl sites for hydroxylation is 3. The molecule has 1 aromatic heterocycles. The fourth-order valence-electron chi connectivity index (χ4n) is 1.83. The highest BCUT2D eigenvalue weighted by Crippen LogP contribution is 2.30. The van der Waals surface area contributed by atoms with Gasteiger partial charge >= 0.3 is 0 Å². The van der Waals surface area contributed by atoms with E-state index in [1.54, 1.807) is 17.8 Å². The van der Waals surface area contributed by atoms with Gasteiger partial charge in [0.2, 0.25) is 0 Å². The van der Waals surface area contributed by atoms with Crippen molar-refractivity contribution in [3.8, 4) is 0 Å². The van der Waals surface area contributed by atoms with Gasteiger partial charge in [-0.15, -0.1) is 0 Å². The van der Waals surface area contributed by atoms with Crippen LogP contribution in [0.25, 0.3) is 0 Å². The minimum Gasteiger partial charge on any atom is -0.409 e. The van der Waals surface area contributed by atoms with Crippen molar-refractivity contribution in [1.29, 1.82) is 0 Å². The first-order valence-corrected chi connectivity index (χ1v) is 7.03. The van der Waals surface area contributed by atoms with E-state index in [1.165, 1.54) is 11.1 Å². The third-order valence-electron chi connectivity index (χ3n) is 2.89. The van der Waals surface area contributed by atoms with E-state index in [0.29, 0.717) is 5.56 Å². The first kappa shape index (κ1) is 14.4. The highest BCUT2D eigenvalue weighted by atomic mass is 32.2. The lowest BCUT2D eigenvalue weighted by molar-refractivity contribution is 0.318. The number of oxime groups is 1. The molecule has 0 fully saturated rings. The van der Waals surface area contributed by atoms with Crippen LogP contribution in [-0.4, -0.2) is 16.0 Å². The first-order chi connectivity index (χ1) is 9.49. The molecule has 3 N–H and O–H groups in total. The molecular weight excluding hydrogens is 270 g/mol. The summed E-state index contributed by atoms with van der Waals surface area (Å²) in [6, 6.07) is 9.94. The van der Waals surface area contributed by atoms with E-state index >= 15 is 0 Å². The van der Waals surface area contributed by atoms with Crippen molar-refractivity contribution >= 4 is 17.6 Å². The second-order valence-corrected chi connectivity index (χ2v) is 5.75. The topological polar surface area (TPSA) is 71.5 Å². The van der Waals surface area contributed by atoms with Gasteiger partial charge < -0.3 is 10.9 Å². The summed E-state index contributed by atoms with van der Waals surface area (Å²) >= 11 is 1.58. The number of amidine groups is 1. The molecule has 4 nitrogen and oxygen atoms in total. The van der Waals surface area contributed by atoms with Gasteiger partial charge in [0.15, 0.2) is 5.84 Å². The van der Waals surface area contributed by atoms with Gasteiger partial charge in [0.25, 0.3) is 0 Å². The summed E-state index contributed by atoms with van der Waals surface area (Å²) in [5, 5.41) is 12.6. The molecule has 5 heteroatoms. The van der Waals surface area contributed by atoms with Crippen molar-refractivity contribution in [3.63, 3.8) is 0 Å². The Morgan fingerprint density at radius 1 is 1.20 bits per heavy atom. The molecular formula is C15H17N3OS. The van der Waals surface area contributed by atoms with E-state index in [1.807, 2.05) is 13.0 Å². The lowest BCUT2D eigenvalue weighted by Crippen LogP contribution is -2.13. The van der Waals surface area contributed by atoms with Crippen LogP contribution < -0.4 is 5.73 Å². The van der Waals surface area contributed by atoms with Gasteiger partial charge in [-0.2, -0.15) is 0 Å². The summed E-state index contributed by atoms with van der Waals surface area (Å²) in [4.78, 5) is 5.65. The quantitative estimate of drug-likeness (QED) is 0.393. The molecule has 0 bridgehead atoms. The minimum atomic E-state index is 0.0957. The Balaban J connectivity index is 2.38. The number of hydrogen-bond donors (Lipinski definition) is 2. The van der Waals surface area contributed by atoms with Gasteiger partial charge in [0, 0.05) is 16.2 Å². The van der Waals surface area contributed by atoms with Crippen LogP contribution in [0, 0.1) is 20.8 Å². The largest absolute Gasteiger partial charge is 0.409 e. The Morgan fingerprint density at radius 3 is 2.65 bits per heavy atom. The number of benzene rings is 1. The average Bonchev–Trinajstić information content (AvgIpc) is 2.41. The standard InChI is InChI=1S/C15H17N3OS/c1-9-4-5-10(2)13(6-9)20-14-8-12(15(16)18-19)7-11(3)17-14/h4-8,19H,1-3H3,(H2,16,18). The molecule has 0 aliphatic rings. The van der Waals surface area contributed by atoms with Gasteiger partial charge in [-0.3, -0.25) is 0 Å². The van der Waals surface area contributed by atoms with Crippen molar-refractivity contribution in [3.05, 3.63) is 52.7 Å². The van der Waals surface area contributed by atoms with E-state index < -0.39 is 0 Å². The summed E-state index contributed by atoms with van der Waals surface area (Å²) in [7, 11) is 0. The highest BCUT2D eigenvalue weighted by Gasteiger charge is 2.07. The van der Waals surface area contributed by atoms with Crippen LogP contribution in [0.4, 0.5) is 0 Å². The van der Waals surface area contributed by atoms with Crippen LogP contribution in [0.15, 0.2) is 45.4 Å². The van der Waals surface area contributed by atoms with Crippen molar-refractivity contribution in [2.24, 2.45) is 10.9 Å².